The molecule has 0 aliphatic carbocycles. The average molecular weight is 325 g/mol. The number of thiazole rings is 1. The van der Waals surface area contributed by atoms with Crippen LogP contribution in [-0.2, 0) is 11.2 Å². The van der Waals surface area contributed by atoms with Crippen molar-refractivity contribution in [3.8, 4) is 12.3 Å². The number of rotatable bonds is 4. The molecule has 5 heteroatoms. The van der Waals surface area contributed by atoms with Crippen LogP contribution in [0.1, 0.15) is 17.5 Å². The highest BCUT2D eigenvalue weighted by Gasteiger charge is 2.21. The number of amides is 1. The Hall–Kier alpha value is -2.32. The van der Waals surface area contributed by atoms with E-state index in [4.69, 9.17) is 6.42 Å². The van der Waals surface area contributed by atoms with Gasteiger partial charge in [0.15, 0.2) is 5.13 Å². The molecule has 3 rings (SSSR count). The van der Waals surface area contributed by atoms with Crippen LogP contribution in [-0.4, -0.2) is 42.0 Å². The summed E-state index contributed by atoms with van der Waals surface area (Å²) in [5.74, 6) is 2.85. The van der Waals surface area contributed by atoms with E-state index < -0.39 is 0 Å². The molecule has 1 amide bonds. The van der Waals surface area contributed by atoms with E-state index in [1.165, 1.54) is 0 Å². The molecule has 0 N–H and O–H groups in total. The van der Waals surface area contributed by atoms with E-state index in [1.807, 2.05) is 40.7 Å². The molecule has 1 fully saturated rings. The maximum absolute atomic E-state index is 12.4. The molecule has 1 aromatic heterocycles. The number of benzene rings is 1. The first-order valence-corrected chi connectivity index (χ1v) is 8.62. The molecule has 1 aliphatic heterocycles. The van der Waals surface area contributed by atoms with Crippen molar-refractivity contribution >= 4 is 22.4 Å². The number of terminal acetylenes is 1. The van der Waals surface area contributed by atoms with Crippen LogP contribution >= 0.6 is 11.3 Å². The summed E-state index contributed by atoms with van der Waals surface area (Å²) in [5.41, 5.74) is 1.99. The van der Waals surface area contributed by atoms with Crippen molar-refractivity contribution in [2.75, 3.05) is 31.1 Å². The van der Waals surface area contributed by atoms with Gasteiger partial charge in [0.1, 0.15) is 0 Å². The Kier molecular flexibility index (Phi) is 4.94. The molecule has 1 aromatic carbocycles. The molecule has 0 bridgehead atoms. The Bertz CT molecular complexity index is 697. The van der Waals surface area contributed by atoms with Crippen molar-refractivity contribution in [2.24, 2.45) is 0 Å². The van der Waals surface area contributed by atoms with E-state index >= 15 is 0 Å². The number of carbonyl (C=O) groups is 1. The standard InChI is InChI=1S/C18H19N3OS/c1-2-15-4-3-5-16(14-15)6-7-17(22)20-9-11-21(12-10-20)18-19-8-13-23-18/h1,3-5,8,13-14H,6-7,9-12H2. The van der Waals surface area contributed by atoms with Gasteiger partial charge < -0.3 is 9.80 Å². The number of hydrogen-bond acceptors (Lipinski definition) is 4. The number of piperazine rings is 1. The number of hydrogen-bond donors (Lipinski definition) is 0. The van der Waals surface area contributed by atoms with Crippen LogP contribution in [0.25, 0.3) is 0 Å². The third kappa shape index (κ3) is 3.91. The van der Waals surface area contributed by atoms with Crippen LogP contribution in [0, 0.1) is 12.3 Å². The van der Waals surface area contributed by atoms with E-state index in [1.54, 1.807) is 11.3 Å². The summed E-state index contributed by atoms with van der Waals surface area (Å²) in [6.07, 6.45) is 8.50. The molecule has 0 radical (unpaired) electrons. The second-order valence-corrected chi connectivity index (χ2v) is 6.40. The van der Waals surface area contributed by atoms with E-state index in [0.717, 1.165) is 48.9 Å². The van der Waals surface area contributed by atoms with Gasteiger partial charge in [0, 0.05) is 49.7 Å². The fraction of sp³-hybridized carbons (Fsp3) is 0.333. The van der Waals surface area contributed by atoms with E-state index in [9.17, 15) is 4.79 Å². The molecule has 4 nitrogen and oxygen atoms in total. The van der Waals surface area contributed by atoms with Gasteiger partial charge in [0.2, 0.25) is 5.91 Å². The molecule has 118 valence electrons. The van der Waals surface area contributed by atoms with Crippen molar-refractivity contribution in [1.82, 2.24) is 9.88 Å². The third-order valence-corrected chi connectivity index (χ3v) is 4.88. The zero-order chi connectivity index (χ0) is 16.1. The monoisotopic (exact) mass is 325 g/mol. The van der Waals surface area contributed by atoms with Gasteiger partial charge in [-0.25, -0.2) is 4.98 Å². The smallest absolute Gasteiger partial charge is 0.223 e. The average Bonchev–Trinajstić information content (AvgIpc) is 3.14. The van der Waals surface area contributed by atoms with E-state index in [-0.39, 0.29) is 5.91 Å². The Balaban J connectivity index is 1.49. The minimum absolute atomic E-state index is 0.217. The Morgan fingerprint density at radius 2 is 2.13 bits per heavy atom. The van der Waals surface area contributed by atoms with Gasteiger partial charge in [-0.3, -0.25) is 4.79 Å². The molecule has 1 saturated heterocycles. The van der Waals surface area contributed by atoms with Crippen LogP contribution < -0.4 is 4.90 Å². The molecule has 23 heavy (non-hydrogen) atoms. The van der Waals surface area contributed by atoms with Crippen LogP contribution in [0.4, 0.5) is 5.13 Å². The maximum atomic E-state index is 12.4. The zero-order valence-electron chi connectivity index (χ0n) is 12.9. The lowest BCUT2D eigenvalue weighted by atomic mass is 10.1. The fourth-order valence-corrected chi connectivity index (χ4v) is 3.44. The van der Waals surface area contributed by atoms with Crippen LogP contribution in [0.5, 0.6) is 0 Å². The summed E-state index contributed by atoms with van der Waals surface area (Å²) >= 11 is 1.65. The minimum atomic E-state index is 0.217. The van der Waals surface area contributed by atoms with Gasteiger partial charge >= 0.3 is 0 Å². The minimum Gasteiger partial charge on any atom is -0.345 e. The molecule has 0 spiro atoms. The predicted octanol–water partition coefficient (Wildman–Crippen LogP) is 2.41. The van der Waals surface area contributed by atoms with Crippen molar-refractivity contribution < 1.29 is 4.79 Å². The summed E-state index contributed by atoms with van der Waals surface area (Å²) in [5, 5.41) is 3.03. The first-order chi connectivity index (χ1) is 11.3. The molecule has 0 saturated carbocycles. The summed E-state index contributed by atoms with van der Waals surface area (Å²) in [6.45, 7) is 3.24. The summed E-state index contributed by atoms with van der Waals surface area (Å²) in [4.78, 5) is 20.9. The Labute approximate surface area is 140 Å². The molecule has 0 atom stereocenters. The number of aryl methyl sites for hydroxylation is 1. The zero-order valence-corrected chi connectivity index (χ0v) is 13.8. The fourth-order valence-electron chi connectivity index (χ4n) is 2.75. The summed E-state index contributed by atoms with van der Waals surface area (Å²) in [6, 6.07) is 7.85. The first kappa shape index (κ1) is 15.6. The maximum Gasteiger partial charge on any atom is 0.223 e. The molecule has 1 aliphatic rings. The Morgan fingerprint density at radius 1 is 1.30 bits per heavy atom. The molecule has 0 unspecified atom stereocenters. The largest absolute Gasteiger partial charge is 0.345 e. The Morgan fingerprint density at radius 3 is 2.83 bits per heavy atom. The number of nitrogens with zero attached hydrogens (tertiary/aromatic N) is 3. The second kappa shape index (κ2) is 7.30. The second-order valence-electron chi connectivity index (χ2n) is 5.53. The predicted molar refractivity (Wildman–Crippen MR) is 93.6 cm³/mol. The normalized spacial score (nSPS) is 14.6. The van der Waals surface area contributed by atoms with Gasteiger partial charge in [0.05, 0.1) is 0 Å². The molecule has 2 heterocycles. The lowest BCUT2D eigenvalue weighted by molar-refractivity contribution is -0.131. The number of aromatic nitrogens is 1. The van der Waals surface area contributed by atoms with Gasteiger partial charge in [-0.15, -0.1) is 17.8 Å². The number of carbonyl (C=O) groups excluding carboxylic acids is 1. The van der Waals surface area contributed by atoms with Gasteiger partial charge in [-0.2, -0.15) is 0 Å². The first-order valence-electron chi connectivity index (χ1n) is 7.74. The highest BCUT2D eigenvalue weighted by molar-refractivity contribution is 7.13. The SMILES string of the molecule is C#Cc1cccc(CCC(=O)N2CCN(c3nccs3)CC2)c1. The van der Waals surface area contributed by atoms with E-state index in [0.29, 0.717) is 6.42 Å². The highest BCUT2D eigenvalue weighted by atomic mass is 32.1. The van der Waals surface area contributed by atoms with Crippen LogP contribution in [0.3, 0.4) is 0 Å². The third-order valence-electron chi connectivity index (χ3n) is 4.04. The van der Waals surface area contributed by atoms with Gasteiger partial charge in [-0.1, -0.05) is 18.1 Å². The quantitative estimate of drug-likeness (QED) is 0.810. The van der Waals surface area contributed by atoms with E-state index in [2.05, 4.69) is 15.8 Å². The van der Waals surface area contributed by atoms with Crippen LogP contribution in [0.2, 0.25) is 0 Å². The van der Waals surface area contributed by atoms with Crippen LogP contribution in [0.15, 0.2) is 35.8 Å². The highest BCUT2D eigenvalue weighted by Crippen LogP contribution is 2.19. The topological polar surface area (TPSA) is 36.4 Å². The lowest BCUT2D eigenvalue weighted by Gasteiger charge is -2.34. The summed E-state index contributed by atoms with van der Waals surface area (Å²) in [7, 11) is 0. The van der Waals surface area contributed by atoms with Crippen molar-refractivity contribution in [1.29, 1.82) is 0 Å². The molecular formula is C18H19N3OS. The molecular weight excluding hydrogens is 306 g/mol. The van der Waals surface area contributed by atoms with Crippen molar-refractivity contribution in [2.45, 2.75) is 12.8 Å². The number of anilines is 1. The summed E-state index contributed by atoms with van der Waals surface area (Å²) < 4.78 is 0. The van der Waals surface area contributed by atoms with Crippen molar-refractivity contribution in [3.05, 3.63) is 47.0 Å². The molecule has 2 aromatic rings. The lowest BCUT2D eigenvalue weighted by Crippen LogP contribution is -2.48. The van der Waals surface area contributed by atoms with Gasteiger partial charge in [-0.05, 0) is 24.1 Å². The van der Waals surface area contributed by atoms with Crippen molar-refractivity contribution in [3.63, 3.8) is 0 Å². The van der Waals surface area contributed by atoms with Gasteiger partial charge in [0.25, 0.3) is 0 Å².